The predicted molar refractivity (Wildman–Crippen MR) is 68.9 cm³/mol. The van der Waals surface area contributed by atoms with E-state index in [9.17, 15) is 9.59 Å². The van der Waals surface area contributed by atoms with Crippen LogP contribution in [0.15, 0.2) is 0 Å². The molecule has 0 bridgehead atoms. The van der Waals surface area contributed by atoms with Gasteiger partial charge in [-0.05, 0) is 12.8 Å². The van der Waals surface area contributed by atoms with E-state index in [-0.39, 0.29) is 18.2 Å². The summed E-state index contributed by atoms with van der Waals surface area (Å²) in [5.41, 5.74) is 0. The van der Waals surface area contributed by atoms with E-state index in [2.05, 4.69) is 6.92 Å². The third-order valence-electron chi connectivity index (χ3n) is 2.68. The zero-order valence-corrected chi connectivity index (χ0v) is 11.3. The van der Waals surface area contributed by atoms with Crippen molar-refractivity contribution in [1.82, 2.24) is 0 Å². The van der Waals surface area contributed by atoms with Gasteiger partial charge in [0.1, 0.15) is 5.78 Å². The van der Waals surface area contributed by atoms with Crippen molar-refractivity contribution >= 4 is 11.8 Å². The molecule has 0 rings (SSSR count). The maximum Gasteiger partial charge on any atom is 0.306 e. The Kier molecular flexibility index (Phi) is 11.0. The van der Waals surface area contributed by atoms with Gasteiger partial charge in [-0.3, -0.25) is 9.59 Å². The van der Waals surface area contributed by atoms with Crippen LogP contribution in [0.3, 0.4) is 0 Å². The number of hydrogen-bond acceptors (Lipinski definition) is 3. The summed E-state index contributed by atoms with van der Waals surface area (Å²) in [6.45, 7) is 4.68. The molecule has 17 heavy (non-hydrogen) atoms. The Balaban J connectivity index is 3.39. The van der Waals surface area contributed by atoms with E-state index in [0.717, 1.165) is 25.7 Å². The van der Waals surface area contributed by atoms with E-state index >= 15 is 0 Å². The molecule has 0 saturated heterocycles. The predicted octanol–water partition coefficient (Wildman–Crippen LogP) is 3.65. The Bertz CT molecular complexity index is 212. The van der Waals surface area contributed by atoms with Crippen molar-refractivity contribution in [3.8, 4) is 0 Å². The fourth-order valence-electron chi connectivity index (χ4n) is 1.52. The summed E-state index contributed by atoms with van der Waals surface area (Å²) < 4.78 is 4.98. The minimum Gasteiger partial charge on any atom is -0.466 e. The Morgan fingerprint density at radius 3 is 2.18 bits per heavy atom. The number of hydrogen-bond donors (Lipinski definition) is 0. The van der Waals surface area contributed by atoms with Gasteiger partial charge < -0.3 is 4.74 Å². The lowest BCUT2D eigenvalue weighted by Crippen LogP contribution is -2.08. The number of ketones is 1. The zero-order valence-electron chi connectivity index (χ0n) is 11.3. The normalized spacial score (nSPS) is 10.2. The molecule has 0 fully saturated rings. The van der Waals surface area contributed by atoms with Crippen molar-refractivity contribution in [2.75, 3.05) is 6.61 Å². The second-order valence-electron chi connectivity index (χ2n) is 4.42. The van der Waals surface area contributed by atoms with E-state index in [1.54, 1.807) is 0 Å². The van der Waals surface area contributed by atoms with Gasteiger partial charge in [-0.15, -0.1) is 0 Å². The average molecular weight is 242 g/mol. The van der Waals surface area contributed by atoms with Crippen LogP contribution in [-0.2, 0) is 14.3 Å². The van der Waals surface area contributed by atoms with Crippen molar-refractivity contribution in [1.29, 1.82) is 0 Å². The molecule has 0 heterocycles. The van der Waals surface area contributed by atoms with Crippen molar-refractivity contribution in [3.05, 3.63) is 0 Å². The second kappa shape index (κ2) is 11.6. The molecular weight excluding hydrogens is 216 g/mol. The van der Waals surface area contributed by atoms with Crippen LogP contribution in [0.5, 0.6) is 0 Å². The Labute approximate surface area is 105 Å². The molecule has 3 heteroatoms. The number of ether oxygens (including phenoxy) is 1. The standard InChI is InChI=1S/C14H26O3/c1-3-5-7-8-9-13(15)10-11-14(16)17-12-6-4-2/h3-12H2,1-2H3. The van der Waals surface area contributed by atoms with Gasteiger partial charge in [0.25, 0.3) is 0 Å². The molecule has 0 aliphatic heterocycles. The molecule has 0 aliphatic rings. The van der Waals surface area contributed by atoms with Gasteiger partial charge in [-0.2, -0.15) is 0 Å². The minimum absolute atomic E-state index is 0.188. The van der Waals surface area contributed by atoms with Gasteiger partial charge in [0.15, 0.2) is 0 Å². The maximum atomic E-state index is 11.4. The van der Waals surface area contributed by atoms with E-state index < -0.39 is 0 Å². The molecule has 0 amide bonds. The van der Waals surface area contributed by atoms with Crippen molar-refractivity contribution in [2.24, 2.45) is 0 Å². The highest BCUT2D eigenvalue weighted by molar-refractivity contribution is 5.82. The van der Waals surface area contributed by atoms with Gasteiger partial charge in [0, 0.05) is 12.8 Å². The molecule has 0 N–H and O–H groups in total. The minimum atomic E-state index is -0.236. The van der Waals surface area contributed by atoms with Crippen LogP contribution in [0.2, 0.25) is 0 Å². The van der Waals surface area contributed by atoms with E-state index in [4.69, 9.17) is 4.74 Å². The number of carbonyl (C=O) groups excluding carboxylic acids is 2. The summed E-state index contributed by atoms with van der Waals surface area (Å²) in [7, 11) is 0. The molecule has 0 aromatic carbocycles. The summed E-state index contributed by atoms with van der Waals surface area (Å²) in [6.07, 6.45) is 7.56. The molecule has 0 aliphatic carbocycles. The lowest BCUT2D eigenvalue weighted by Gasteiger charge is -2.03. The lowest BCUT2D eigenvalue weighted by molar-refractivity contribution is -0.144. The van der Waals surface area contributed by atoms with E-state index in [0.29, 0.717) is 19.4 Å². The van der Waals surface area contributed by atoms with Crippen LogP contribution in [0.1, 0.15) is 71.6 Å². The average Bonchev–Trinajstić information content (AvgIpc) is 2.32. The van der Waals surface area contributed by atoms with Gasteiger partial charge >= 0.3 is 5.97 Å². The molecule has 0 aromatic heterocycles. The van der Waals surface area contributed by atoms with Crippen molar-refractivity contribution in [2.45, 2.75) is 71.6 Å². The van der Waals surface area contributed by atoms with E-state index in [1.807, 2.05) is 6.92 Å². The number of rotatable bonds is 11. The molecule has 0 radical (unpaired) electrons. The monoisotopic (exact) mass is 242 g/mol. The SMILES string of the molecule is CCCCCCC(=O)CCC(=O)OCCCC. The molecule has 0 aromatic rings. The van der Waals surface area contributed by atoms with E-state index in [1.165, 1.54) is 12.8 Å². The summed E-state index contributed by atoms with van der Waals surface area (Å²) >= 11 is 0. The van der Waals surface area contributed by atoms with Crippen LogP contribution >= 0.6 is 0 Å². The highest BCUT2D eigenvalue weighted by atomic mass is 16.5. The third-order valence-corrected chi connectivity index (χ3v) is 2.68. The van der Waals surface area contributed by atoms with Crippen LogP contribution in [-0.4, -0.2) is 18.4 Å². The van der Waals surface area contributed by atoms with Crippen molar-refractivity contribution in [3.63, 3.8) is 0 Å². The summed E-state index contributed by atoms with van der Waals surface area (Å²) in [4.78, 5) is 22.7. The Hall–Kier alpha value is -0.860. The first-order valence-electron chi connectivity index (χ1n) is 6.88. The highest BCUT2D eigenvalue weighted by Crippen LogP contribution is 2.06. The largest absolute Gasteiger partial charge is 0.466 e. The van der Waals surface area contributed by atoms with Crippen LogP contribution in [0.25, 0.3) is 0 Å². The smallest absolute Gasteiger partial charge is 0.306 e. The topological polar surface area (TPSA) is 43.4 Å². The van der Waals surface area contributed by atoms with Gasteiger partial charge in [-0.25, -0.2) is 0 Å². The van der Waals surface area contributed by atoms with Crippen molar-refractivity contribution < 1.29 is 14.3 Å². The molecule has 0 unspecified atom stereocenters. The molecule has 3 nitrogen and oxygen atoms in total. The first-order valence-corrected chi connectivity index (χ1v) is 6.88. The number of Topliss-reactive ketones (excluding diaryl/α,β-unsaturated/α-hetero) is 1. The first kappa shape index (κ1) is 16.1. The fraction of sp³-hybridized carbons (Fsp3) is 0.857. The molecule has 0 atom stereocenters. The maximum absolute atomic E-state index is 11.4. The molecule has 100 valence electrons. The summed E-state index contributed by atoms with van der Waals surface area (Å²) in [5.74, 6) is -0.0473. The number of unbranched alkanes of at least 4 members (excludes halogenated alkanes) is 4. The highest BCUT2D eigenvalue weighted by Gasteiger charge is 2.07. The van der Waals surface area contributed by atoms with Crippen LogP contribution < -0.4 is 0 Å². The fourth-order valence-corrected chi connectivity index (χ4v) is 1.52. The third kappa shape index (κ3) is 11.4. The van der Waals surface area contributed by atoms with Gasteiger partial charge in [-0.1, -0.05) is 39.5 Å². The molecular formula is C14H26O3. The Morgan fingerprint density at radius 2 is 1.53 bits per heavy atom. The molecule has 0 saturated carbocycles. The summed E-state index contributed by atoms with van der Waals surface area (Å²) in [5, 5.41) is 0. The quantitative estimate of drug-likeness (QED) is 0.410. The number of carbonyl (C=O) groups is 2. The number of esters is 1. The summed E-state index contributed by atoms with van der Waals surface area (Å²) in [6, 6.07) is 0. The van der Waals surface area contributed by atoms with Gasteiger partial charge in [0.05, 0.1) is 13.0 Å². The Morgan fingerprint density at radius 1 is 0.824 bits per heavy atom. The first-order chi connectivity index (χ1) is 8.20. The van der Waals surface area contributed by atoms with Gasteiger partial charge in [0.2, 0.25) is 0 Å². The lowest BCUT2D eigenvalue weighted by atomic mass is 10.1. The van der Waals surface area contributed by atoms with Crippen LogP contribution in [0, 0.1) is 0 Å². The van der Waals surface area contributed by atoms with Crippen LogP contribution in [0.4, 0.5) is 0 Å². The second-order valence-corrected chi connectivity index (χ2v) is 4.42. The zero-order chi connectivity index (χ0) is 12.9. The molecule has 0 spiro atoms.